The van der Waals surface area contributed by atoms with E-state index in [0.717, 1.165) is 12.2 Å². The largest absolute Gasteiger partial charge is 0.329 e. The Balaban J connectivity index is 2.05. The molecule has 0 radical (unpaired) electrons. The Bertz CT molecular complexity index is 665. The lowest BCUT2D eigenvalue weighted by Gasteiger charge is -2.09. The topological polar surface area (TPSA) is 43.8 Å². The molecular formula is C15H15N3. The van der Waals surface area contributed by atoms with Crippen LogP contribution in [-0.4, -0.2) is 9.55 Å². The fourth-order valence-corrected chi connectivity index (χ4v) is 2.27. The van der Waals surface area contributed by atoms with E-state index in [1.54, 1.807) is 0 Å². The van der Waals surface area contributed by atoms with Gasteiger partial charge in [0.25, 0.3) is 0 Å². The second-order valence-corrected chi connectivity index (χ2v) is 4.36. The predicted molar refractivity (Wildman–Crippen MR) is 73.2 cm³/mol. The van der Waals surface area contributed by atoms with Crippen LogP contribution in [-0.2, 0) is 13.1 Å². The van der Waals surface area contributed by atoms with Crippen molar-refractivity contribution in [2.75, 3.05) is 0 Å². The van der Waals surface area contributed by atoms with Gasteiger partial charge in [-0.05, 0) is 16.3 Å². The molecule has 0 bridgehead atoms. The fourth-order valence-electron chi connectivity index (χ4n) is 2.27. The first-order valence-corrected chi connectivity index (χ1v) is 6.04. The van der Waals surface area contributed by atoms with Crippen molar-refractivity contribution in [3.05, 3.63) is 66.2 Å². The third-order valence-electron chi connectivity index (χ3n) is 3.23. The van der Waals surface area contributed by atoms with Crippen molar-refractivity contribution in [3.8, 4) is 0 Å². The van der Waals surface area contributed by atoms with E-state index in [1.807, 2.05) is 12.5 Å². The van der Waals surface area contributed by atoms with E-state index in [2.05, 4.69) is 52.0 Å². The van der Waals surface area contributed by atoms with Gasteiger partial charge in [0.1, 0.15) is 0 Å². The molecule has 0 amide bonds. The van der Waals surface area contributed by atoms with Crippen molar-refractivity contribution in [2.45, 2.75) is 13.1 Å². The molecule has 3 aromatic rings. The van der Waals surface area contributed by atoms with Crippen LogP contribution in [0.3, 0.4) is 0 Å². The summed E-state index contributed by atoms with van der Waals surface area (Å²) in [5.74, 6) is 0. The molecule has 0 saturated heterocycles. The molecule has 0 spiro atoms. The minimum atomic E-state index is 0.519. The van der Waals surface area contributed by atoms with Gasteiger partial charge in [-0.25, -0.2) is 4.98 Å². The zero-order valence-corrected chi connectivity index (χ0v) is 10.1. The van der Waals surface area contributed by atoms with Crippen molar-refractivity contribution < 1.29 is 0 Å². The summed E-state index contributed by atoms with van der Waals surface area (Å²) in [6.45, 7) is 1.33. The number of hydrogen-bond donors (Lipinski definition) is 1. The van der Waals surface area contributed by atoms with E-state index in [0.29, 0.717) is 6.54 Å². The highest BCUT2D eigenvalue weighted by Crippen LogP contribution is 2.19. The highest BCUT2D eigenvalue weighted by atomic mass is 15.0. The van der Waals surface area contributed by atoms with E-state index in [-0.39, 0.29) is 0 Å². The van der Waals surface area contributed by atoms with Crippen LogP contribution < -0.4 is 5.73 Å². The van der Waals surface area contributed by atoms with E-state index >= 15 is 0 Å². The Kier molecular flexibility index (Phi) is 2.82. The predicted octanol–water partition coefficient (Wildman–Crippen LogP) is 2.54. The van der Waals surface area contributed by atoms with Crippen molar-refractivity contribution in [2.24, 2.45) is 5.73 Å². The Morgan fingerprint density at radius 2 is 1.89 bits per heavy atom. The van der Waals surface area contributed by atoms with Crippen LogP contribution >= 0.6 is 0 Å². The zero-order chi connectivity index (χ0) is 12.4. The summed E-state index contributed by atoms with van der Waals surface area (Å²) >= 11 is 0. The van der Waals surface area contributed by atoms with Crippen LogP contribution in [0.15, 0.2) is 55.0 Å². The molecule has 18 heavy (non-hydrogen) atoms. The Hall–Kier alpha value is -2.13. The lowest BCUT2D eigenvalue weighted by molar-refractivity contribution is 0.744. The van der Waals surface area contributed by atoms with Gasteiger partial charge in [-0.15, -0.1) is 0 Å². The highest BCUT2D eigenvalue weighted by molar-refractivity contribution is 5.85. The lowest BCUT2D eigenvalue weighted by Crippen LogP contribution is -2.07. The Labute approximate surface area is 106 Å². The molecule has 0 aliphatic heterocycles. The first-order chi connectivity index (χ1) is 8.88. The monoisotopic (exact) mass is 237 g/mol. The van der Waals surface area contributed by atoms with E-state index in [4.69, 9.17) is 5.73 Å². The third kappa shape index (κ3) is 1.89. The molecule has 0 aliphatic rings. The van der Waals surface area contributed by atoms with Crippen molar-refractivity contribution in [1.29, 1.82) is 0 Å². The molecule has 90 valence electrons. The summed E-state index contributed by atoms with van der Waals surface area (Å²) in [5, 5.41) is 2.56. The number of nitrogens with two attached hydrogens (primary N) is 1. The first-order valence-electron chi connectivity index (χ1n) is 6.04. The van der Waals surface area contributed by atoms with Gasteiger partial charge < -0.3 is 10.3 Å². The second kappa shape index (κ2) is 4.63. The molecule has 0 atom stereocenters. The average Bonchev–Trinajstić information content (AvgIpc) is 2.86. The fraction of sp³-hybridized carbons (Fsp3) is 0.133. The number of hydrogen-bond acceptors (Lipinski definition) is 2. The normalized spacial score (nSPS) is 10.9. The number of aromatic nitrogens is 2. The van der Waals surface area contributed by atoms with Crippen LogP contribution in [0.1, 0.15) is 11.3 Å². The molecule has 0 unspecified atom stereocenters. The minimum Gasteiger partial charge on any atom is -0.329 e. The van der Waals surface area contributed by atoms with Crippen LogP contribution in [0.4, 0.5) is 0 Å². The molecule has 3 heteroatoms. The molecule has 3 rings (SSSR count). The van der Waals surface area contributed by atoms with Crippen molar-refractivity contribution >= 4 is 10.8 Å². The van der Waals surface area contributed by atoms with Gasteiger partial charge in [0.15, 0.2) is 0 Å². The van der Waals surface area contributed by atoms with Crippen molar-refractivity contribution in [3.63, 3.8) is 0 Å². The van der Waals surface area contributed by atoms with E-state index in [9.17, 15) is 0 Å². The molecule has 0 saturated carbocycles. The minimum absolute atomic E-state index is 0.519. The maximum atomic E-state index is 5.70. The lowest BCUT2D eigenvalue weighted by atomic mass is 10.0. The molecular weight excluding hydrogens is 222 g/mol. The number of nitrogens with zero attached hydrogens (tertiary/aromatic N) is 2. The van der Waals surface area contributed by atoms with Crippen LogP contribution in [0.5, 0.6) is 0 Å². The third-order valence-corrected chi connectivity index (χ3v) is 3.23. The van der Waals surface area contributed by atoms with Gasteiger partial charge in [0.2, 0.25) is 0 Å². The molecule has 2 aromatic carbocycles. The maximum Gasteiger partial charge on any atom is 0.0951 e. The summed E-state index contributed by atoms with van der Waals surface area (Å²) in [7, 11) is 0. The summed E-state index contributed by atoms with van der Waals surface area (Å²) in [5.41, 5.74) is 8.05. The summed E-state index contributed by atoms with van der Waals surface area (Å²) in [6, 6.07) is 14.8. The SMILES string of the molecule is NCc1cncn1Cc1cccc2ccccc12. The van der Waals surface area contributed by atoms with Gasteiger partial charge in [-0.2, -0.15) is 0 Å². The number of rotatable bonds is 3. The summed E-state index contributed by atoms with van der Waals surface area (Å²) in [6.07, 6.45) is 3.66. The van der Waals surface area contributed by atoms with E-state index in [1.165, 1.54) is 16.3 Å². The molecule has 0 aliphatic carbocycles. The Morgan fingerprint density at radius 3 is 2.78 bits per heavy atom. The molecule has 1 aromatic heterocycles. The second-order valence-electron chi connectivity index (χ2n) is 4.36. The Morgan fingerprint density at radius 1 is 1.06 bits per heavy atom. The van der Waals surface area contributed by atoms with Crippen LogP contribution in [0, 0.1) is 0 Å². The average molecular weight is 237 g/mol. The number of fused-ring (bicyclic) bond motifs is 1. The highest BCUT2D eigenvalue weighted by Gasteiger charge is 2.04. The molecule has 3 nitrogen and oxygen atoms in total. The van der Waals surface area contributed by atoms with Crippen molar-refractivity contribution in [1.82, 2.24) is 9.55 Å². The number of benzene rings is 2. The summed E-state index contributed by atoms with van der Waals surface area (Å²) in [4.78, 5) is 4.15. The standard InChI is InChI=1S/C15H15N3/c16-8-14-9-17-11-18(14)10-13-6-3-5-12-4-1-2-7-15(12)13/h1-7,9,11H,8,10,16H2. The zero-order valence-electron chi connectivity index (χ0n) is 10.1. The molecule has 1 heterocycles. The van der Waals surface area contributed by atoms with Gasteiger partial charge in [-0.3, -0.25) is 0 Å². The molecule has 0 fully saturated rings. The molecule has 2 N–H and O–H groups in total. The van der Waals surface area contributed by atoms with Crippen LogP contribution in [0.2, 0.25) is 0 Å². The smallest absolute Gasteiger partial charge is 0.0951 e. The number of imidazole rings is 1. The first kappa shape index (κ1) is 11.0. The van der Waals surface area contributed by atoms with Crippen LogP contribution in [0.25, 0.3) is 10.8 Å². The quantitative estimate of drug-likeness (QED) is 0.760. The maximum absolute atomic E-state index is 5.70. The van der Waals surface area contributed by atoms with Gasteiger partial charge >= 0.3 is 0 Å². The van der Waals surface area contributed by atoms with Gasteiger partial charge in [0.05, 0.1) is 12.0 Å². The van der Waals surface area contributed by atoms with Gasteiger partial charge in [0, 0.05) is 19.3 Å². The van der Waals surface area contributed by atoms with E-state index < -0.39 is 0 Å². The van der Waals surface area contributed by atoms with Gasteiger partial charge in [-0.1, -0.05) is 42.5 Å². The summed E-state index contributed by atoms with van der Waals surface area (Å²) < 4.78 is 2.10.